The first-order valence-corrected chi connectivity index (χ1v) is 4.95. The first-order valence-electron chi connectivity index (χ1n) is 4.95. The number of methoxy groups -OCH3 is 1. The maximum absolute atomic E-state index is 11.5. The lowest BCUT2D eigenvalue weighted by Crippen LogP contribution is -2.04. The van der Waals surface area contributed by atoms with E-state index in [4.69, 9.17) is 9.47 Å². The molecule has 0 aromatic carbocycles. The topological polar surface area (TPSA) is 64.2 Å². The van der Waals surface area contributed by atoms with Gasteiger partial charge in [0, 0.05) is 11.5 Å². The number of fused-ring (bicyclic) bond motifs is 1. The maximum Gasteiger partial charge on any atom is 0.354 e. The van der Waals surface area contributed by atoms with Gasteiger partial charge >= 0.3 is 5.97 Å². The lowest BCUT2D eigenvalue weighted by atomic mass is 10.3. The fourth-order valence-corrected chi connectivity index (χ4v) is 1.42. The second kappa shape index (κ2) is 4.22. The third-order valence-corrected chi connectivity index (χ3v) is 2.16. The van der Waals surface area contributed by atoms with E-state index in [2.05, 4.69) is 9.97 Å². The zero-order valence-corrected chi connectivity index (χ0v) is 9.11. The number of nitrogens with zero attached hydrogens (tertiary/aromatic N) is 1. The highest BCUT2D eigenvalue weighted by molar-refractivity contribution is 5.93. The zero-order valence-electron chi connectivity index (χ0n) is 9.11. The van der Waals surface area contributed by atoms with Gasteiger partial charge in [-0.25, -0.2) is 4.79 Å². The molecule has 0 bridgehead atoms. The molecule has 2 aromatic heterocycles. The number of hydrogen-bond donors (Lipinski definition) is 1. The highest BCUT2D eigenvalue weighted by Crippen LogP contribution is 2.17. The van der Waals surface area contributed by atoms with E-state index in [9.17, 15) is 4.79 Å². The summed E-state index contributed by atoms with van der Waals surface area (Å²) in [6.45, 7) is 2.12. The normalized spacial score (nSPS) is 10.4. The van der Waals surface area contributed by atoms with Crippen LogP contribution in [0.5, 0.6) is 5.88 Å². The fourth-order valence-electron chi connectivity index (χ4n) is 1.42. The average molecular weight is 220 g/mol. The van der Waals surface area contributed by atoms with Crippen LogP contribution in [0.1, 0.15) is 17.4 Å². The van der Waals surface area contributed by atoms with Crippen molar-refractivity contribution in [1.82, 2.24) is 9.97 Å². The Kier molecular flexibility index (Phi) is 2.76. The molecule has 0 fully saturated rings. The molecule has 0 aliphatic carbocycles. The molecule has 1 N–H and O–H groups in total. The summed E-state index contributed by atoms with van der Waals surface area (Å²) in [4.78, 5) is 18.5. The van der Waals surface area contributed by atoms with E-state index in [0.717, 1.165) is 5.39 Å². The second-order valence-electron chi connectivity index (χ2n) is 3.19. The molecule has 5 heteroatoms. The molecule has 0 spiro atoms. The van der Waals surface area contributed by atoms with Gasteiger partial charge in [0.2, 0.25) is 5.88 Å². The number of carbonyl (C=O) groups is 1. The zero-order chi connectivity index (χ0) is 11.5. The van der Waals surface area contributed by atoms with E-state index in [1.165, 1.54) is 0 Å². The van der Waals surface area contributed by atoms with E-state index in [1.807, 2.05) is 6.07 Å². The Morgan fingerprint density at radius 3 is 3.00 bits per heavy atom. The van der Waals surface area contributed by atoms with Crippen molar-refractivity contribution in [3.05, 3.63) is 23.9 Å². The predicted molar refractivity (Wildman–Crippen MR) is 58.6 cm³/mol. The summed E-state index contributed by atoms with van der Waals surface area (Å²) in [7, 11) is 1.55. The van der Waals surface area contributed by atoms with Crippen molar-refractivity contribution < 1.29 is 14.3 Å². The van der Waals surface area contributed by atoms with Crippen LogP contribution in [0.2, 0.25) is 0 Å². The van der Waals surface area contributed by atoms with Crippen LogP contribution in [-0.2, 0) is 4.74 Å². The lowest BCUT2D eigenvalue weighted by molar-refractivity contribution is 0.0520. The Balaban J connectivity index is 2.39. The molecule has 0 atom stereocenters. The van der Waals surface area contributed by atoms with E-state index in [0.29, 0.717) is 23.8 Å². The Bertz CT molecular complexity index is 519. The van der Waals surface area contributed by atoms with Crippen LogP contribution < -0.4 is 4.74 Å². The van der Waals surface area contributed by atoms with Crippen molar-refractivity contribution in [2.45, 2.75) is 6.92 Å². The molecule has 16 heavy (non-hydrogen) atoms. The minimum absolute atomic E-state index is 0.352. The number of nitrogens with one attached hydrogen (secondary N) is 1. The summed E-state index contributed by atoms with van der Waals surface area (Å²) in [5.41, 5.74) is 1.01. The third-order valence-electron chi connectivity index (χ3n) is 2.16. The molecule has 0 saturated heterocycles. The largest absolute Gasteiger partial charge is 0.481 e. The van der Waals surface area contributed by atoms with Crippen LogP contribution in [0.15, 0.2) is 18.2 Å². The number of H-pyrrole nitrogens is 1. The van der Waals surface area contributed by atoms with Crippen LogP contribution >= 0.6 is 0 Å². The summed E-state index contributed by atoms with van der Waals surface area (Å²) >= 11 is 0. The van der Waals surface area contributed by atoms with Gasteiger partial charge in [0.25, 0.3) is 0 Å². The van der Waals surface area contributed by atoms with Gasteiger partial charge in [0.15, 0.2) is 0 Å². The molecule has 0 amide bonds. The van der Waals surface area contributed by atoms with Crippen LogP contribution in [0.3, 0.4) is 0 Å². The summed E-state index contributed by atoms with van der Waals surface area (Å²) in [5, 5.41) is 0.851. The van der Waals surface area contributed by atoms with Gasteiger partial charge < -0.3 is 14.5 Å². The number of hydrogen-bond acceptors (Lipinski definition) is 4. The molecule has 5 nitrogen and oxygen atoms in total. The maximum atomic E-state index is 11.5. The van der Waals surface area contributed by atoms with Crippen molar-refractivity contribution in [2.75, 3.05) is 13.7 Å². The molecule has 84 valence electrons. The molecular formula is C11H12N2O3. The van der Waals surface area contributed by atoms with Gasteiger partial charge in [0.1, 0.15) is 11.3 Å². The Morgan fingerprint density at radius 2 is 2.31 bits per heavy atom. The molecule has 2 rings (SSSR count). The van der Waals surface area contributed by atoms with E-state index in [-0.39, 0.29) is 5.97 Å². The number of esters is 1. The standard InChI is InChI=1S/C11H12N2O3/c1-3-16-11(14)8-6-7-4-5-9(15-2)13-10(7)12-8/h4-6H,3H2,1-2H3,(H,12,13). The van der Waals surface area contributed by atoms with Crippen molar-refractivity contribution in [2.24, 2.45) is 0 Å². The minimum atomic E-state index is -0.375. The Morgan fingerprint density at radius 1 is 1.50 bits per heavy atom. The minimum Gasteiger partial charge on any atom is -0.481 e. The van der Waals surface area contributed by atoms with E-state index < -0.39 is 0 Å². The summed E-state index contributed by atoms with van der Waals surface area (Å²) in [6.07, 6.45) is 0. The SMILES string of the molecule is CCOC(=O)c1cc2ccc(OC)nc2[nH]1. The summed E-state index contributed by atoms with van der Waals surface area (Å²) < 4.78 is 9.88. The number of aromatic amines is 1. The van der Waals surface area contributed by atoms with Gasteiger partial charge in [-0.15, -0.1) is 0 Å². The van der Waals surface area contributed by atoms with Gasteiger partial charge in [-0.2, -0.15) is 4.98 Å². The molecule has 0 unspecified atom stereocenters. The van der Waals surface area contributed by atoms with Gasteiger partial charge in [0.05, 0.1) is 13.7 Å². The Hall–Kier alpha value is -2.04. The van der Waals surface area contributed by atoms with Crippen molar-refractivity contribution in [3.8, 4) is 5.88 Å². The number of rotatable bonds is 3. The number of pyridine rings is 1. The molecule has 0 aliphatic heterocycles. The average Bonchev–Trinajstić information content (AvgIpc) is 2.71. The van der Waals surface area contributed by atoms with Gasteiger partial charge in [-0.05, 0) is 19.1 Å². The highest BCUT2D eigenvalue weighted by Gasteiger charge is 2.11. The van der Waals surface area contributed by atoms with Gasteiger partial charge in [-0.3, -0.25) is 0 Å². The fraction of sp³-hybridized carbons (Fsp3) is 0.273. The molecular weight excluding hydrogens is 208 g/mol. The second-order valence-corrected chi connectivity index (χ2v) is 3.19. The molecule has 2 aromatic rings. The monoisotopic (exact) mass is 220 g/mol. The first kappa shape index (κ1) is 10.5. The molecule has 0 radical (unpaired) electrons. The van der Waals surface area contributed by atoms with Crippen LogP contribution in [-0.4, -0.2) is 29.7 Å². The summed E-state index contributed by atoms with van der Waals surface area (Å²) in [5.74, 6) is 0.129. The summed E-state index contributed by atoms with van der Waals surface area (Å²) in [6, 6.07) is 5.28. The first-order chi connectivity index (χ1) is 7.74. The third kappa shape index (κ3) is 1.84. The Labute approximate surface area is 92.4 Å². The number of aromatic nitrogens is 2. The van der Waals surface area contributed by atoms with Crippen LogP contribution in [0.4, 0.5) is 0 Å². The quantitative estimate of drug-likeness (QED) is 0.800. The molecule has 2 heterocycles. The van der Waals surface area contributed by atoms with Crippen LogP contribution in [0, 0.1) is 0 Å². The van der Waals surface area contributed by atoms with Crippen molar-refractivity contribution in [1.29, 1.82) is 0 Å². The highest BCUT2D eigenvalue weighted by atomic mass is 16.5. The lowest BCUT2D eigenvalue weighted by Gasteiger charge is -1.97. The van der Waals surface area contributed by atoms with Crippen molar-refractivity contribution >= 4 is 17.0 Å². The molecule has 0 aliphatic rings. The number of ether oxygens (including phenoxy) is 2. The van der Waals surface area contributed by atoms with E-state index in [1.54, 1.807) is 26.2 Å². The molecule has 0 saturated carbocycles. The van der Waals surface area contributed by atoms with Crippen molar-refractivity contribution in [3.63, 3.8) is 0 Å². The van der Waals surface area contributed by atoms with Crippen LogP contribution in [0.25, 0.3) is 11.0 Å². The van der Waals surface area contributed by atoms with E-state index >= 15 is 0 Å². The van der Waals surface area contributed by atoms with Gasteiger partial charge in [-0.1, -0.05) is 0 Å². The predicted octanol–water partition coefficient (Wildman–Crippen LogP) is 1.75. The smallest absolute Gasteiger partial charge is 0.354 e. The number of carbonyl (C=O) groups excluding carboxylic acids is 1.